The largest absolute Gasteiger partial charge is 0.378 e. The van der Waals surface area contributed by atoms with Crippen LogP contribution >= 0.6 is 0 Å². The first kappa shape index (κ1) is 34.5. The molecular formula is C37H45N7O4. The zero-order chi connectivity index (χ0) is 34.6. The van der Waals surface area contributed by atoms with Crippen molar-refractivity contribution in [3.63, 3.8) is 0 Å². The summed E-state index contributed by atoms with van der Waals surface area (Å²) in [5, 5.41) is 7.65. The molecule has 4 heterocycles. The van der Waals surface area contributed by atoms with Crippen LogP contribution in [0.3, 0.4) is 0 Å². The Morgan fingerprint density at radius 3 is 2.44 bits per heavy atom. The van der Waals surface area contributed by atoms with E-state index in [1.165, 1.54) is 10.9 Å². The Morgan fingerprint density at radius 2 is 1.75 bits per heavy atom. The molecule has 0 bridgehead atoms. The first-order valence-corrected chi connectivity index (χ1v) is 16.5. The van der Waals surface area contributed by atoms with Crippen LogP contribution in [0.2, 0.25) is 0 Å². The molecule has 0 spiro atoms. The fourth-order valence-electron chi connectivity index (χ4n) is 5.96. The third-order valence-electron chi connectivity index (χ3n) is 8.98. The minimum atomic E-state index is -0.326. The lowest BCUT2D eigenvalue weighted by molar-refractivity contribution is 0.0302. The van der Waals surface area contributed by atoms with Gasteiger partial charge in [0.25, 0.3) is 17.4 Å². The summed E-state index contributed by atoms with van der Waals surface area (Å²) in [7, 11) is 1.60. The number of morpholine rings is 1. The maximum Gasteiger partial charge on any atom is 0.290 e. The van der Waals surface area contributed by atoms with Crippen LogP contribution < -0.4 is 21.5 Å². The number of aromatic nitrogens is 3. The van der Waals surface area contributed by atoms with Crippen LogP contribution in [0.1, 0.15) is 65.1 Å². The molecule has 0 unspecified atom stereocenters. The van der Waals surface area contributed by atoms with Crippen molar-refractivity contribution in [3.05, 3.63) is 99.0 Å². The SMILES string of the molecule is CC.Cc1c(-c2cc(Nc3ccc(C(=O)N4CCOCC4)cn3)c(=O)n(C)n2)cccc1N1CCc2cc(C(C)(C)CN)ccc2C1=O. The van der Waals surface area contributed by atoms with Gasteiger partial charge < -0.3 is 25.6 Å². The van der Waals surface area contributed by atoms with Gasteiger partial charge in [0.05, 0.1) is 24.5 Å². The van der Waals surface area contributed by atoms with E-state index < -0.39 is 0 Å². The number of fused-ring (bicyclic) bond motifs is 1. The van der Waals surface area contributed by atoms with Gasteiger partial charge in [-0.05, 0) is 60.4 Å². The zero-order valence-corrected chi connectivity index (χ0v) is 28.7. The second-order valence-corrected chi connectivity index (χ2v) is 12.5. The highest BCUT2D eigenvalue weighted by molar-refractivity contribution is 6.09. The molecule has 2 amide bonds. The monoisotopic (exact) mass is 651 g/mol. The van der Waals surface area contributed by atoms with Crippen LogP contribution in [0, 0.1) is 6.92 Å². The normalized spacial score (nSPS) is 14.6. The minimum Gasteiger partial charge on any atom is -0.378 e. The third-order valence-corrected chi connectivity index (χ3v) is 8.98. The summed E-state index contributed by atoms with van der Waals surface area (Å²) < 4.78 is 6.62. The lowest BCUT2D eigenvalue weighted by Crippen LogP contribution is -2.40. The van der Waals surface area contributed by atoms with Gasteiger partial charge in [-0.15, -0.1) is 0 Å². The Kier molecular flexibility index (Phi) is 10.4. The van der Waals surface area contributed by atoms with Crippen molar-refractivity contribution in [2.45, 2.75) is 46.5 Å². The van der Waals surface area contributed by atoms with Crippen LogP contribution in [0.5, 0.6) is 0 Å². The second-order valence-electron chi connectivity index (χ2n) is 12.5. The average molecular weight is 652 g/mol. The molecule has 2 aliphatic heterocycles. The average Bonchev–Trinajstić information content (AvgIpc) is 3.11. The van der Waals surface area contributed by atoms with E-state index in [0.717, 1.165) is 34.4 Å². The Bertz CT molecular complexity index is 1860. The van der Waals surface area contributed by atoms with E-state index in [1.807, 2.05) is 56.0 Å². The van der Waals surface area contributed by atoms with Gasteiger partial charge in [0.1, 0.15) is 11.5 Å². The predicted octanol–water partition coefficient (Wildman–Crippen LogP) is 4.83. The minimum absolute atomic E-state index is 0.0454. The maximum atomic E-state index is 13.8. The van der Waals surface area contributed by atoms with Crippen LogP contribution in [0.15, 0.2) is 65.6 Å². The van der Waals surface area contributed by atoms with Gasteiger partial charge in [-0.2, -0.15) is 5.10 Å². The molecule has 1 saturated heterocycles. The Hall–Kier alpha value is -4.87. The molecule has 4 aromatic rings. The van der Waals surface area contributed by atoms with Crippen LogP contribution in [0.4, 0.5) is 17.2 Å². The number of carbonyl (C=O) groups excluding carboxylic acids is 2. The molecule has 252 valence electrons. The van der Waals surface area contributed by atoms with Crippen LogP contribution in [-0.2, 0) is 23.6 Å². The van der Waals surface area contributed by atoms with Crippen molar-refractivity contribution in [1.82, 2.24) is 19.7 Å². The first-order chi connectivity index (χ1) is 23.1. The molecule has 1 fully saturated rings. The van der Waals surface area contributed by atoms with Gasteiger partial charge in [-0.25, -0.2) is 9.67 Å². The number of aryl methyl sites for hydroxylation is 1. The molecule has 11 heteroatoms. The smallest absolute Gasteiger partial charge is 0.290 e. The van der Waals surface area contributed by atoms with E-state index >= 15 is 0 Å². The molecular weight excluding hydrogens is 606 g/mol. The van der Waals surface area contributed by atoms with E-state index in [-0.39, 0.29) is 28.5 Å². The summed E-state index contributed by atoms with van der Waals surface area (Å²) in [5.41, 5.74) is 12.2. The Balaban J connectivity index is 0.00000221. The number of nitrogens with two attached hydrogens (primary N) is 1. The molecule has 2 aliphatic rings. The number of carbonyl (C=O) groups is 2. The van der Waals surface area contributed by atoms with Gasteiger partial charge in [0.15, 0.2) is 0 Å². The lowest BCUT2D eigenvalue weighted by Gasteiger charge is -2.32. The van der Waals surface area contributed by atoms with Gasteiger partial charge in [-0.3, -0.25) is 14.4 Å². The standard InChI is InChI=1S/C35H39N7O4.C2H6/c1-22-26(6-5-7-30(22)42-13-12-23-18-25(35(2,3)21-36)9-10-27(23)33(42)44)28-19-29(34(45)40(4)39-28)38-31-11-8-24(20-37-31)32(43)41-14-16-46-17-15-41;1-2/h5-11,18-20H,12-17,21,36H2,1-4H3,(H,37,38);1-2H3. The second kappa shape index (κ2) is 14.5. The van der Waals surface area contributed by atoms with E-state index in [1.54, 1.807) is 30.1 Å². The number of benzene rings is 2. The molecule has 3 N–H and O–H groups in total. The molecule has 6 rings (SSSR count). The van der Waals surface area contributed by atoms with Crippen LogP contribution in [0.25, 0.3) is 11.3 Å². The van der Waals surface area contributed by atoms with E-state index in [0.29, 0.717) is 62.0 Å². The summed E-state index contributed by atoms with van der Waals surface area (Å²) in [4.78, 5) is 47.6. The maximum absolute atomic E-state index is 13.8. The quantitative estimate of drug-likeness (QED) is 0.290. The summed E-state index contributed by atoms with van der Waals surface area (Å²) in [6.07, 6.45) is 2.24. The number of nitrogens with zero attached hydrogens (tertiary/aromatic N) is 5. The molecule has 2 aromatic heterocycles. The number of rotatable bonds is 7. The molecule has 0 radical (unpaired) electrons. The fourth-order valence-corrected chi connectivity index (χ4v) is 5.96. The van der Waals surface area contributed by atoms with Crippen molar-refractivity contribution >= 4 is 29.0 Å². The number of nitrogens with one attached hydrogen (secondary N) is 1. The molecule has 0 atom stereocenters. The number of ether oxygens (including phenoxy) is 1. The summed E-state index contributed by atoms with van der Waals surface area (Å²) >= 11 is 0. The lowest BCUT2D eigenvalue weighted by atomic mass is 9.82. The van der Waals surface area contributed by atoms with Gasteiger partial charge in [-0.1, -0.05) is 52.0 Å². The topological polar surface area (TPSA) is 136 Å². The van der Waals surface area contributed by atoms with Gasteiger partial charge >= 0.3 is 0 Å². The fraction of sp³-hybridized carbons (Fsp3) is 0.378. The highest BCUT2D eigenvalue weighted by Crippen LogP contribution is 2.34. The van der Waals surface area contributed by atoms with Gasteiger partial charge in [0.2, 0.25) is 0 Å². The number of amides is 2. The number of anilines is 3. The van der Waals surface area contributed by atoms with Crippen molar-refractivity contribution in [2.24, 2.45) is 12.8 Å². The zero-order valence-electron chi connectivity index (χ0n) is 28.7. The van der Waals surface area contributed by atoms with Crippen molar-refractivity contribution in [2.75, 3.05) is 49.6 Å². The van der Waals surface area contributed by atoms with E-state index in [4.69, 9.17) is 10.5 Å². The predicted molar refractivity (Wildman–Crippen MR) is 189 cm³/mol. The number of pyridine rings is 1. The third kappa shape index (κ3) is 6.88. The molecule has 48 heavy (non-hydrogen) atoms. The van der Waals surface area contributed by atoms with Crippen molar-refractivity contribution in [1.29, 1.82) is 0 Å². The summed E-state index contributed by atoms with van der Waals surface area (Å²) in [6, 6.07) is 16.9. The first-order valence-electron chi connectivity index (χ1n) is 16.5. The molecule has 11 nitrogen and oxygen atoms in total. The number of hydrogen-bond donors (Lipinski definition) is 2. The highest BCUT2D eigenvalue weighted by atomic mass is 16.5. The van der Waals surface area contributed by atoms with Crippen molar-refractivity contribution < 1.29 is 14.3 Å². The molecule has 0 saturated carbocycles. The van der Waals surface area contributed by atoms with Crippen molar-refractivity contribution in [3.8, 4) is 11.3 Å². The van der Waals surface area contributed by atoms with E-state index in [9.17, 15) is 14.4 Å². The number of hydrogen-bond acceptors (Lipinski definition) is 8. The summed E-state index contributed by atoms with van der Waals surface area (Å²) in [5.74, 6) is 0.278. The molecule has 2 aromatic carbocycles. The molecule has 0 aliphatic carbocycles. The highest BCUT2D eigenvalue weighted by Gasteiger charge is 2.29. The Morgan fingerprint density at radius 1 is 1.00 bits per heavy atom. The Labute approximate surface area is 281 Å². The van der Waals surface area contributed by atoms with E-state index in [2.05, 4.69) is 35.3 Å². The summed E-state index contributed by atoms with van der Waals surface area (Å²) in [6.45, 7) is 13.4. The van der Waals surface area contributed by atoms with Gasteiger partial charge in [0, 0.05) is 61.7 Å². The van der Waals surface area contributed by atoms with Crippen LogP contribution in [-0.4, -0.2) is 70.9 Å².